The van der Waals surface area contributed by atoms with Gasteiger partial charge in [0.25, 0.3) is 0 Å². The van der Waals surface area contributed by atoms with Crippen molar-refractivity contribution in [1.82, 2.24) is 0 Å². The molecule has 0 aliphatic rings. The molecule has 0 radical (unpaired) electrons. The van der Waals surface area contributed by atoms with E-state index < -0.39 is 0 Å². The lowest BCUT2D eigenvalue weighted by molar-refractivity contribution is -0.0514. The van der Waals surface area contributed by atoms with Crippen LogP contribution >= 0.6 is 0 Å². The molecule has 0 saturated heterocycles. The fourth-order valence-electron chi connectivity index (χ4n) is 2.30. The maximum absolute atomic E-state index is 6.02. The summed E-state index contributed by atoms with van der Waals surface area (Å²) in [5.74, 6) is 0.725. The fraction of sp³-hybridized carbons (Fsp3) is 1.00. The van der Waals surface area contributed by atoms with Crippen LogP contribution in [0.25, 0.3) is 0 Å². The van der Waals surface area contributed by atoms with Gasteiger partial charge in [-0.15, -0.1) is 0 Å². The Balaban J connectivity index is 3.79. The standard InChI is InChI=1S/C17H36O2/c1-14(2)18-12-10-17(7,8)19-11-9-15(3)13-16(4,5)6/h14-15H,9-13H2,1-8H3. The molecule has 2 heteroatoms. The number of ether oxygens (including phenoxy) is 2. The minimum atomic E-state index is -0.0731. The van der Waals surface area contributed by atoms with E-state index in [9.17, 15) is 0 Å². The highest BCUT2D eigenvalue weighted by Crippen LogP contribution is 2.26. The molecule has 0 aliphatic heterocycles. The first kappa shape index (κ1) is 18.9. The minimum absolute atomic E-state index is 0.0731. The lowest BCUT2D eigenvalue weighted by Crippen LogP contribution is -2.28. The third-order valence-electron chi connectivity index (χ3n) is 3.22. The summed E-state index contributed by atoms with van der Waals surface area (Å²) in [6, 6.07) is 0. The molecule has 0 spiro atoms. The molecule has 2 nitrogen and oxygen atoms in total. The van der Waals surface area contributed by atoms with Gasteiger partial charge in [-0.1, -0.05) is 27.7 Å². The zero-order valence-electron chi connectivity index (χ0n) is 14.5. The molecule has 19 heavy (non-hydrogen) atoms. The van der Waals surface area contributed by atoms with Gasteiger partial charge in [0.2, 0.25) is 0 Å². The van der Waals surface area contributed by atoms with Crippen molar-refractivity contribution in [2.45, 2.75) is 86.4 Å². The SMILES string of the molecule is CC(CCOC(C)(C)CCOC(C)C)CC(C)(C)C. The van der Waals surface area contributed by atoms with E-state index in [1.54, 1.807) is 0 Å². The van der Waals surface area contributed by atoms with Crippen LogP contribution in [0.4, 0.5) is 0 Å². The lowest BCUT2D eigenvalue weighted by atomic mass is 9.84. The molecule has 0 fully saturated rings. The molecule has 0 amide bonds. The summed E-state index contributed by atoms with van der Waals surface area (Å²) in [6.07, 6.45) is 3.67. The van der Waals surface area contributed by atoms with Gasteiger partial charge in [0.1, 0.15) is 0 Å². The van der Waals surface area contributed by atoms with Crippen LogP contribution in [0.2, 0.25) is 0 Å². The van der Waals surface area contributed by atoms with Crippen molar-refractivity contribution in [3.05, 3.63) is 0 Å². The van der Waals surface area contributed by atoms with Gasteiger partial charge in [0.15, 0.2) is 0 Å². The average Bonchev–Trinajstić information content (AvgIpc) is 2.12. The molecular weight excluding hydrogens is 236 g/mol. The minimum Gasteiger partial charge on any atom is -0.379 e. The third kappa shape index (κ3) is 12.7. The summed E-state index contributed by atoms with van der Waals surface area (Å²) in [4.78, 5) is 0. The molecule has 0 rings (SSSR count). The van der Waals surface area contributed by atoms with Gasteiger partial charge in [0, 0.05) is 13.2 Å². The molecule has 0 bridgehead atoms. The lowest BCUT2D eigenvalue weighted by Gasteiger charge is -2.28. The highest BCUT2D eigenvalue weighted by molar-refractivity contribution is 4.70. The highest BCUT2D eigenvalue weighted by atomic mass is 16.5. The second kappa shape index (κ2) is 8.26. The summed E-state index contributed by atoms with van der Waals surface area (Å²) in [7, 11) is 0. The van der Waals surface area contributed by atoms with Crippen LogP contribution in [-0.4, -0.2) is 24.9 Å². The summed E-state index contributed by atoms with van der Waals surface area (Å²) >= 11 is 0. The number of rotatable bonds is 9. The summed E-state index contributed by atoms with van der Waals surface area (Å²) < 4.78 is 11.6. The van der Waals surface area contributed by atoms with Crippen molar-refractivity contribution in [3.8, 4) is 0 Å². The Morgan fingerprint density at radius 2 is 1.47 bits per heavy atom. The van der Waals surface area contributed by atoms with E-state index >= 15 is 0 Å². The summed E-state index contributed by atoms with van der Waals surface area (Å²) in [5, 5.41) is 0. The Hall–Kier alpha value is -0.0800. The predicted octanol–water partition coefficient (Wildman–Crippen LogP) is 5.06. The van der Waals surface area contributed by atoms with E-state index in [0.717, 1.165) is 32.0 Å². The topological polar surface area (TPSA) is 18.5 Å². The molecule has 0 aromatic carbocycles. The first-order valence-electron chi connectivity index (χ1n) is 7.77. The van der Waals surface area contributed by atoms with E-state index in [1.807, 2.05) is 0 Å². The van der Waals surface area contributed by atoms with Crippen LogP contribution in [-0.2, 0) is 9.47 Å². The zero-order valence-corrected chi connectivity index (χ0v) is 14.5. The molecule has 0 N–H and O–H groups in total. The Morgan fingerprint density at radius 3 is 1.95 bits per heavy atom. The summed E-state index contributed by atoms with van der Waals surface area (Å²) in [5.41, 5.74) is 0.344. The van der Waals surface area contributed by atoms with Gasteiger partial charge < -0.3 is 9.47 Å². The Bertz CT molecular complexity index is 226. The Morgan fingerprint density at radius 1 is 0.895 bits per heavy atom. The smallest absolute Gasteiger partial charge is 0.0648 e. The van der Waals surface area contributed by atoms with Gasteiger partial charge >= 0.3 is 0 Å². The van der Waals surface area contributed by atoms with Crippen molar-refractivity contribution < 1.29 is 9.47 Å². The van der Waals surface area contributed by atoms with Crippen molar-refractivity contribution in [1.29, 1.82) is 0 Å². The monoisotopic (exact) mass is 272 g/mol. The van der Waals surface area contributed by atoms with Crippen LogP contribution in [0.3, 0.4) is 0 Å². The molecule has 0 aliphatic carbocycles. The maximum Gasteiger partial charge on any atom is 0.0648 e. The van der Waals surface area contributed by atoms with E-state index in [4.69, 9.17) is 9.47 Å². The first-order valence-corrected chi connectivity index (χ1v) is 7.77. The van der Waals surface area contributed by atoms with Crippen molar-refractivity contribution in [3.63, 3.8) is 0 Å². The van der Waals surface area contributed by atoms with Crippen LogP contribution in [0, 0.1) is 11.3 Å². The number of hydrogen-bond acceptors (Lipinski definition) is 2. The Labute approximate surface area is 121 Å². The van der Waals surface area contributed by atoms with Gasteiger partial charge in [-0.3, -0.25) is 0 Å². The quantitative estimate of drug-likeness (QED) is 0.584. The highest BCUT2D eigenvalue weighted by Gasteiger charge is 2.20. The van der Waals surface area contributed by atoms with E-state index in [2.05, 4.69) is 55.4 Å². The van der Waals surface area contributed by atoms with Crippen molar-refractivity contribution in [2.75, 3.05) is 13.2 Å². The molecule has 0 saturated carbocycles. The molecule has 1 unspecified atom stereocenters. The van der Waals surface area contributed by atoms with Crippen LogP contribution < -0.4 is 0 Å². The molecule has 0 heterocycles. The van der Waals surface area contributed by atoms with Crippen LogP contribution in [0.1, 0.15) is 74.7 Å². The van der Waals surface area contributed by atoms with Gasteiger partial charge in [-0.25, -0.2) is 0 Å². The second-order valence-electron chi connectivity index (χ2n) is 7.94. The normalized spacial score (nSPS) is 15.0. The van der Waals surface area contributed by atoms with E-state index in [-0.39, 0.29) is 5.60 Å². The first-order chi connectivity index (χ1) is 8.52. The van der Waals surface area contributed by atoms with Crippen LogP contribution in [0.15, 0.2) is 0 Å². The molecule has 0 aromatic heterocycles. The van der Waals surface area contributed by atoms with E-state index in [1.165, 1.54) is 6.42 Å². The fourth-order valence-corrected chi connectivity index (χ4v) is 2.30. The van der Waals surface area contributed by atoms with Gasteiger partial charge in [0.05, 0.1) is 11.7 Å². The molecule has 1 atom stereocenters. The van der Waals surface area contributed by atoms with Crippen molar-refractivity contribution >= 4 is 0 Å². The molecule has 0 aromatic rings. The van der Waals surface area contributed by atoms with Crippen molar-refractivity contribution in [2.24, 2.45) is 11.3 Å². The molecular formula is C17H36O2. The number of hydrogen-bond donors (Lipinski definition) is 0. The third-order valence-corrected chi connectivity index (χ3v) is 3.22. The molecule has 116 valence electrons. The summed E-state index contributed by atoms with van der Waals surface area (Å²) in [6.45, 7) is 19.3. The van der Waals surface area contributed by atoms with E-state index in [0.29, 0.717) is 11.5 Å². The largest absolute Gasteiger partial charge is 0.379 e. The van der Waals surface area contributed by atoms with Gasteiger partial charge in [-0.05, 0) is 58.3 Å². The maximum atomic E-state index is 6.02. The van der Waals surface area contributed by atoms with Crippen LogP contribution in [0.5, 0.6) is 0 Å². The zero-order chi connectivity index (χ0) is 15.1. The predicted molar refractivity (Wildman–Crippen MR) is 83.6 cm³/mol. The van der Waals surface area contributed by atoms with Gasteiger partial charge in [-0.2, -0.15) is 0 Å². The Kier molecular flexibility index (Phi) is 8.23. The average molecular weight is 272 g/mol. The second-order valence-corrected chi connectivity index (χ2v) is 7.94.